The van der Waals surface area contributed by atoms with Gasteiger partial charge in [0.05, 0.1) is 12.3 Å². The van der Waals surface area contributed by atoms with Gasteiger partial charge in [-0.15, -0.1) is 0 Å². The molecule has 0 atom stereocenters. The highest BCUT2D eigenvalue weighted by atomic mass is 16.3. The number of rotatable bonds is 2. The lowest BCUT2D eigenvalue weighted by molar-refractivity contribution is 0.283. The molecule has 3 rings (SSSR count). The molecule has 0 saturated carbocycles. The number of benzene rings is 1. The average molecular weight is 255 g/mol. The standard InChI is InChI=1S/C14H13N3O2/c1-9-2-4-10(5-3-9)12-11(8-18)13-14(19)15-6-7-17(13)16-12/h2-7,18H,8H2,1H3,(H,15,19). The summed E-state index contributed by atoms with van der Waals surface area (Å²) < 4.78 is 1.50. The van der Waals surface area contributed by atoms with Crippen molar-refractivity contribution in [2.45, 2.75) is 13.5 Å². The quantitative estimate of drug-likeness (QED) is 0.729. The fourth-order valence-corrected chi connectivity index (χ4v) is 2.16. The fourth-order valence-electron chi connectivity index (χ4n) is 2.16. The molecule has 2 N–H and O–H groups in total. The normalized spacial score (nSPS) is 11.1. The van der Waals surface area contributed by atoms with E-state index in [4.69, 9.17) is 0 Å². The van der Waals surface area contributed by atoms with Crippen molar-refractivity contribution in [3.63, 3.8) is 0 Å². The van der Waals surface area contributed by atoms with E-state index < -0.39 is 0 Å². The number of aliphatic hydroxyl groups is 1. The number of hydrogen-bond donors (Lipinski definition) is 2. The number of aliphatic hydroxyl groups excluding tert-OH is 1. The number of aromatic nitrogens is 3. The summed E-state index contributed by atoms with van der Waals surface area (Å²) in [6.45, 7) is 1.78. The van der Waals surface area contributed by atoms with Gasteiger partial charge in [-0.1, -0.05) is 29.8 Å². The Morgan fingerprint density at radius 3 is 2.74 bits per heavy atom. The molecule has 0 radical (unpaired) electrons. The largest absolute Gasteiger partial charge is 0.392 e. The zero-order valence-corrected chi connectivity index (χ0v) is 10.4. The first-order valence-corrected chi connectivity index (χ1v) is 5.97. The number of aromatic amines is 1. The molecule has 3 aromatic rings. The Hall–Kier alpha value is -2.40. The summed E-state index contributed by atoms with van der Waals surface area (Å²) in [5.74, 6) is 0. The molecule has 0 unspecified atom stereocenters. The van der Waals surface area contributed by atoms with Crippen LogP contribution in [0.25, 0.3) is 16.8 Å². The summed E-state index contributed by atoms with van der Waals surface area (Å²) in [5.41, 5.74) is 3.36. The van der Waals surface area contributed by atoms with Crippen molar-refractivity contribution in [3.8, 4) is 11.3 Å². The van der Waals surface area contributed by atoms with E-state index in [0.717, 1.165) is 11.1 Å². The van der Waals surface area contributed by atoms with Crippen molar-refractivity contribution in [1.29, 1.82) is 0 Å². The lowest BCUT2D eigenvalue weighted by Gasteiger charge is -2.00. The Morgan fingerprint density at radius 2 is 2.05 bits per heavy atom. The smallest absolute Gasteiger partial charge is 0.274 e. The lowest BCUT2D eigenvalue weighted by Crippen LogP contribution is -2.09. The van der Waals surface area contributed by atoms with E-state index in [0.29, 0.717) is 16.8 Å². The molecular weight excluding hydrogens is 242 g/mol. The van der Waals surface area contributed by atoms with Crippen molar-refractivity contribution in [3.05, 3.63) is 58.1 Å². The van der Waals surface area contributed by atoms with Crippen LogP contribution in [0.1, 0.15) is 11.1 Å². The average Bonchev–Trinajstić information content (AvgIpc) is 2.79. The molecule has 5 nitrogen and oxygen atoms in total. The molecule has 0 bridgehead atoms. The summed E-state index contributed by atoms with van der Waals surface area (Å²) in [7, 11) is 0. The maximum absolute atomic E-state index is 11.8. The molecule has 0 spiro atoms. The number of H-pyrrole nitrogens is 1. The fraction of sp³-hybridized carbons (Fsp3) is 0.143. The van der Waals surface area contributed by atoms with Gasteiger partial charge in [0.15, 0.2) is 0 Å². The molecule has 19 heavy (non-hydrogen) atoms. The van der Waals surface area contributed by atoms with Crippen LogP contribution in [0.2, 0.25) is 0 Å². The van der Waals surface area contributed by atoms with Crippen molar-refractivity contribution < 1.29 is 5.11 Å². The van der Waals surface area contributed by atoms with Crippen molar-refractivity contribution >= 4 is 5.52 Å². The van der Waals surface area contributed by atoms with E-state index in [1.807, 2.05) is 31.2 Å². The molecule has 0 saturated heterocycles. The maximum atomic E-state index is 11.8. The zero-order valence-electron chi connectivity index (χ0n) is 10.4. The molecule has 0 aliphatic rings. The molecule has 96 valence electrons. The summed E-state index contributed by atoms with van der Waals surface area (Å²) in [6, 6.07) is 7.82. The van der Waals surface area contributed by atoms with Crippen LogP contribution in [-0.2, 0) is 6.61 Å². The van der Waals surface area contributed by atoms with Crippen molar-refractivity contribution in [2.75, 3.05) is 0 Å². The molecule has 0 fully saturated rings. The van der Waals surface area contributed by atoms with Crippen LogP contribution in [0, 0.1) is 6.92 Å². The van der Waals surface area contributed by atoms with Gasteiger partial charge in [-0.2, -0.15) is 5.10 Å². The minimum absolute atomic E-state index is 0.222. The lowest BCUT2D eigenvalue weighted by atomic mass is 10.1. The molecule has 2 heterocycles. The predicted molar refractivity (Wildman–Crippen MR) is 71.9 cm³/mol. The first-order chi connectivity index (χ1) is 9.20. The first kappa shape index (κ1) is 11.7. The second kappa shape index (κ2) is 4.37. The van der Waals surface area contributed by atoms with Crippen LogP contribution in [0.3, 0.4) is 0 Å². The summed E-state index contributed by atoms with van der Waals surface area (Å²) >= 11 is 0. The highest BCUT2D eigenvalue weighted by molar-refractivity contribution is 5.72. The van der Waals surface area contributed by atoms with Gasteiger partial charge in [-0.05, 0) is 6.92 Å². The highest BCUT2D eigenvalue weighted by Crippen LogP contribution is 2.24. The third-order valence-corrected chi connectivity index (χ3v) is 3.14. The molecular formula is C14H13N3O2. The Bertz CT molecular complexity index is 785. The number of nitrogens with zero attached hydrogens (tertiary/aromatic N) is 2. The van der Waals surface area contributed by atoms with Crippen molar-refractivity contribution in [2.24, 2.45) is 0 Å². The topological polar surface area (TPSA) is 70.4 Å². The van der Waals surface area contributed by atoms with E-state index in [-0.39, 0.29) is 12.2 Å². The van der Waals surface area contributed by atoms with Crippen LogP contribution in [0.5, 0.6) is 0 Å². The highest BCUT2D eigenvalue weighted by Gasteiger charge is 2.15. The second-order valence-electron chi connectivity index (χ2n) is 4.43. The molecule has 2 aromatic heterocycles. The van der Waals surface area contributed by atoms with Gasteiger partial charge >= 0.3 is 0 Å². The van der Waals surface area contributed by atoms with Crippen LogP contribution < -0.4 is 5.56 Å². The van der Waals surface area contributed by atoms with Crippen LogP contribution >= 0.6 is 0 Å². The monoisotopic (exact) mass is 255 g/mol. The van der Waals surface area contributed by atoms with Crippen LogP contribution in [0.15, 0.2) is 41.5 Å². The van der Waals surface area contributed by atoms with E-state index in [1.165, 1.54) is 10.7 Å². The number of fused-ring (bicyclic) bond motifs is 1. The van der Waals surface area contributed by atoms with Crippen LogP contribution in [-0.4, -0.2) is 19.7 Å². The van der Waals surface area contributed by atoms with Crippen molar-refractivity contribution in [1.82, 2.24) is 14.6 Å². The second-order valence-corrected chi connectivity index (χ2v) is 4.43. The van der Waals surface area contributed by atoms with Gasteiger partial charge in [0.2, 0.25) is 0 Å². The molecule has 1 aromatic carbocycles. The molecule has 5 heteroatoms. The number of nitrogens with one attached hydrogen (secondary N) is 1. The zero-order chi connectivity index (χ0) is 13.4. The van der Waals surface area contributed by atoms with Gasteiger partial charge in [-0.25, -0.2) is 4.52 Å². The number of hydrogen-bond acceptors (Lipinski definition) is 3. The Labute approximate surface area is 109 Å². The van der Waals surface area contributed by atoms with Gasteiger partial charge in [-0.3, -0.25) is 4.79 Å². The predicted octanol–water partition coefficient (Wildman–Crippen LogP) is 1.49. The summed E-state index contributed by atoms with van der Waals surface area (Å²) in [4.78, 5) is 14.4. The SMILES string of the molecule is Cc1ccc(-c2nn3cc[nH]c(=O)c3c2CO)cc1. The third kappa shape index (κ3) is 1.84. The van der Waals surface area contributed by atoms with Gasteiger partial charge in [0.25, 0.3) is 5.56 Å². The van der Waals surface area contributed by atoms with E-state index in [2.05, 4.69) is 10.1 Å². The number of aryl methyl sites for hydroxylation is 1. The van der Waals surface area contributed by atoms with Gasteiger partial charge in [0, 0.05) is 23.5 Å². The third-order valence-electron chi connectivity index (χ3n) is 3.14. The molecule has 0 amide bonds. The maximum Gasteiger partial charge on any atom is 0.274 e. The van der Waals surface area contributed by atoms with E-state index in [1.54, 1.807) is 6.20 Å². The minimum Gasteiger partial charge on any atom is -0.392 e. The molecule has 0 aliphatic heterocycles. The van der Waals surface area contributed by atoms with E-state index in [9.17, 15) is 9.90 Å². The van der Waals surface area contributed by atoms with Crippen LogP contribution in [0.4, 0.5) is 0 Å². The Kier molecular flexibility index (Phi) is 2.68. The minimum atomic E-state index is -0.252. The summed E-state index contributed by atoms with van der Waals surface area (Å²) in [5, 5.41) is 13.9. The molecule has 0 aliphatic carbocycles. The van der Waals surface area contributed by atoms with Gasteiger partial charge in [0.1, 0.15) is 5.52 Å². The first-order valence-electron chi connectivity index (χ1n) is 5.97. The van der Waals surface area contributed by atoms with Gasteiger partial charge < -0.3 is 10.1 Å². The Balaban J connectivity index is 2.32. The Morgan fingerprint density at radius 1 is 1.32 bits per heavy atom. The van der Waals surface area contributed by atoms with E-state index >= 15 is 0 Å². The summed E-state index contributed by atoms with van der Waals surface area (Å²) in [6.07, 6.45) is 3.19.